The first-order chi connectivity index (χ1) is 15.0. The highest BCUT2D eigenvalue weighted by Crippen LogP contribution is 2.40. The van der Waals surface area contributed by atoms with Crippen molar-refractivity contribution in [3.8, 4) is 28.6 Å². The Hall–Kier alpha value is -3.11. The lowest BCUT2D eigenvalue weighted by molar-refractivity contribution is -0.118. The number of halogens is 1. The van der Waals surface area contributed by atoms with Gasteiger partial charge >= 0.3 is 0 Å². The molecule has 0 aliphatic rings. The summed E-state index contributed by atoms with van der Waals surface area (Å²) in [5.41, 5.74) is 1.58. The van der Waals surface area contributed by atoms with Crippen LogP contribution in [0.15, 0.2) is 41.6 Å². The maximum absolute atomic E-state index is 12.2. The first-order valence-electron chi connectivity index (χ1n) is 9.11. The molecule has 0 radical (unpaired) electrons. The fraction of sp³-hybridized carbons (Fsp3) is 0.250. The summed E-state index contributed by atoms with van der Waals surface area (Å²) in [4.78, 5) is 12.2. The Labute approximate surface area is 188 Å². The van der Waals surface area contributed by atoms with E-state index in [9.17, 15) is 4.79 Å². The molecule has 2 aromatic carbocycles. The van der Waals surface area contributed by atoms with Gasteiger partial charge in [0.05, 0.1) is 27.1 Å². The van der Waals surface area contributed by atoms with E-state index in [1.165, 1.54) is 37.8 Å². The van der Waals surface area contributed by atoms with Crippen LogP contribution in [0.2, 0.25) is 5.02 Å². The number of aromatic nitrogens is 3. The molecule has 3 aromatic rings. The molecule has 0 atom stereocenters. The maximum Gasteiger partial charge on any atom is 0.230 e. The first-order valence-corrected chi connectivity index (χ1v) is 10.5. The Morgan fingerprint density at radius 1 is 1.10 bits per heavy atom. The van der Waals surface area contributed by atoms with Gasteiger partial charge in [0.15, 0.2) is 17.3 Å². The molecule has 31 heavy (non-hydrogen) atoms. The number of hydrogen-bond donors (Lipinski definition) is 2. The van der Waals surface area contributed by atoms with Crippen molar-refractivity contribution in [2.24, 2.45) is 0 Å². The summed E-state index contributed by atoms with van der Waals surface area (Å²) in [5, 5.41) is 12.1. The molecular formula is C20H22ClN5O4S. The Balaban J connectivity index is 1.67. The SMILES string of the molecule is COc1cc(-c2nnc(SCC(=O)NCc3ccc(Cl)cc3)n2N)cc(OC)c1OC. The third-order valence-corrected chi connectivity index (χ3v) is 5.52. The lowest BCUT2D eigenvalue weighted by Gasteiger charge is -2.13. The van der Waals surface area contributed by atoms with Crippen LogP contribution in [0.3, 0.4) is 0 Å². The molecule has 9 nitrogen and oxygen atoms in total. The van der Waals surface area contributed by atoms with Crippen molar-refractivity contribution in [2.75, 3.05) is 32.9 Å². The van der Waals surface area contributed by atoms with Crippen LogP contribution in [0, 0.1) is 0 Å². The zero-order valence-corrected chi connectivity index (χ0v) is 18.8. The van der Waals surface area contributed by atoms with Crippen molar-refractivity contribution in [2.45, 2.75) is 11.7 Å². The first kappa shape index (κ1) is 22.6. The van der Waals surface area contributed by atoms with Crippen LogP contribution in [-0.2, 0) is 11.3 Å². The lowest BCUT2D eigenvalue weighted by Crippen LogP contribution is -2.25. The molecule has 0 saturated heterocycles. The van der Waals surface area contributed by atoms with Crippen molar-refractivity contribution < 1.29 is 19.0 Å². The standard InChI is InChI=1S/C20H22ClN5O4S/c1-28-15-8-13(9-16(29-2)18(15)30-3)19-24-25-20(26(19)22)31-11-17(27)23-10-12-4-6-14(21)7-5-12/h4-9H,10-11,22H2,1-3H3,(H,23,27). The average Bonchev–Trinajstić information content (AvgIpc) is 3.16. The minimum absolute atomic E-state index is 0.137. The second kappa shape index (κ2) is 10.3. The van der Waals surface area contributed by atoms with Gasteiger partial charge in [0, 0.05) is 17.1 Å². The van der Waals surface area contributed by atoms with Crippen LogP contribution in [0.25, 0.3) is 11.4 Å². The van der Waals surface area contributed by atoms with Crippen molar-refractivity contribution in [1.29, 1.82) is 0 Å². The number of carbonyl (C=O) groups is 1. The zero-order chi connectivity index (χ0) is 22.4. The number of nitrogens with two attached hydrogens (primary N) is 1. The topological polar surface area (TPSA) is 114 Å². The number of carbonyl (C=O) groups excluding carboxylic acids is 1. The fourth-order valence-corrected chi connectivity index (χ4v) is 3.58. The van der Waals surface area contributed by atoms with Crippen LogP contribution >= 0.6 is 23.4 Å². The van der Waals surface area contributed by atoms with E-state index in [0.29, 0.717) is 45.4 Å². The highest BCUT2D eigenvalue weighted by atomic mass is 35.5. The van der Waals surface area contributed by atoms with Crippen LogP contribution in [0.4, 0.5) is 0 Å². The number of thioether (sulfide) groups is 1. The van der Waals surface area contributed by atoms with E-state index in [-0.39, 0.29) is 11.7 Å². The monoisotopic (exact) mass is 463 g/mol. The van der Waals surface area contributed by atoms with E-state index >= 15 is 0 Å². The van der Waals surface area contributed by atoms with Crippen LogP contribution in [-0.4, -0.2) is 47.9 Å². The number of amides is 1. The third-order valence-electron chi connectivity index (χ3n) is 4.32. The molecule has 0 unspecified atom stereocenters. The second-order valence-corrected chi connectivity index (χ2v) is 7.66. The molecular weight excluding hydrogens is 442 g/mol. The molecule has 1 heterocycles. The van der Waals surface area contributed by atoms with Gasteiger partial charge in [-0.05, 0) is 29.8 Å². The lowest BCUT2D eigenvalue weighted by atomic mass is 10.1. The number of methoxy groups -OCH3 is 3. The molecule has 0 aliphatic carbocycles. The third kappa shape index (κ3) is 5.33. The number of nitrogen functional groups attached to an aromatic ring is 1. The van der Waals surface area contributed by atoms with Crippen molar-refractivity contribution in [3.05, 3.63) is 47.0 Å². The predicted molar refractivity (Wildman–Crippen MR) is 119 cm³/mol. The molecule has 1 amide bonds. The summed E-state index contributed by atoms with van der Waals surface area (Å²) in [6.45, 7) is 0.405. The molecule has 0 saturated carbocycles. The number of rotatable bonds is 9. The van der Waals surface area contributed by atoms with Crippen LogP contribution < -0.4 is 25.4 Å². The van der Waals surface area contributed by atoms with Gasteiger partial charge in [-0.3, -0.25) is 4.79 Å². The van der Waals surface area contributed by atoms with Gasteiger partial charge in [-0.15, -0.1) is 10.2 Å². The Kier molecular flexibility index (Phi) is 7.48. The van der Waals surface area contributed by atoms with E-state index in [0.717, 1.165) is 5.56 Å². The van der Waals surface area contributed by atoms with E-state index in [2.05, 4.69) is 15.5 Å². The van der Waals surface area contributed by atoms with Gasteiger partial charge < -0.3 is 25.4 Å². The number of nitrogens with zero attached hydrogens (tertiary/aromatic N) is 3. The van der Waals surface area contributed by atoms with Crippen LogP contribution in [0.1, 0.15) is 5.56 Å². The smallest absolute Gasteiger partial charge is 0.230 e. The van der Waals surface area contributed by atoms with Gasteiger partial charge in [-0.1, -0.05) is 35.5 Å². The van der Waals surface area contributed by atoms with Crippen molar-refractivity contribution in [1.82, 2.24) is 20.2 Å². The fourth-order valence-electron chi connectivity index (χ4n) is 2.77. The van der Waals surface area contributed by atoms with E-state index in [1.807, 2.05) is 12.1 Å². The number of ether oxygens (including phenoxy) is 3. The van der Waals surface area contributed by atoms with Gasteiger partial charge in [0.25, 0.3) is 0 Å². The number of benzene rings is 2. The average molecular weight is 464 g/mol. The quantitative estimate of drug-likeness (QED) is 0.368. The van der Waals surface area contributed by atoms with Crippen LogP contribution in [0.5, 0.6) is 17.2 Å². The summed E-state index contributed by atoms with van der Waals surface area (Å²) in [7, 11) is 4.58. The summed E-state index contributed by atoms with van der Waals surface area (Å²) in [5.74, 6) is 7.94. The summed E-state index contributed by atoms with van der Waals surface area (Å²) in [6, 6.07) is 10.7. The minimum atomic E-state index is -0.155. The van der Waals surface area contributed by atoms with Gasteiger partial charge in [0.1, 0.15) is 0 Å². The molecule has 0 aliphatic heterocycles. The summed E-state index contributed by atoms with van der Waals surface area (Å²) < 4.78 is 17.4. The van der Waals surface area contributed by atoms with Crippen molar-refractivity contribution >= 4 is 29.3 Å². The highest BCUT2D eigenvalue weighted by Gasteiger charge is 2.19. The molecule has 3 rings (SSSR count). The number of nitrogens with one attached hydrogen (secondary N) is 1. The van der Waals surface area contributed by atoms with Crippen molar-refractivity contribution in [3.63, 3.8) is 0 Å². The predicted octanol–water partition coefficient (Wildman–Crippen LogP) is 2.75. The van der Waals surface area contributed by atoms with E-state index < -0.39 is 0 Å². The Morgan fingerprint density at radius 3 is 2.32 bits per heavy atom. The molecule has 0 fully saturated rings. The van der Waals surface area contributed by atoms with E-state index in [4.69, 9.17) is 31.7 Å². The maximum atomic E-state index is 12.2. The number of hydrogen-bond acceptors (Lipinski definition) is 8. The summed E-state index contributed by atoms with van der Waals surface area (Å²) in [6.07, 6.45) is 0. The molecule has 164 valence electrons. The van der Waals surface area contributed by atoms with Gasteiger partial charge in [0.2, 0.25) is 16.8 Å². The second-order valence-electron chi connectivity index (χ2n) is 6.28. The normalized spacial score (nSPS) is 10.6. The molecule has 1 aromatic heterocycles. The van der Waals surface area contributed by atoms with Gasteiger partial charge in [-0.25, -0.2) is 4.68 Å². The molecule has 0 spiro atoms. The minimum Gasteiger partial charge on any atom is -0.493 e. The summed E-state index contributed by atoms with van der Waals surface area (Å²) >= 11 is 7.04. The van der Waals surface area contributed by atoms with E-state index in [1.54, 1.807) is 24.3 Å². The molecule has 0 bridgehead atoms. The Morgan fingerprint density at radius 2 is 1.74 bits per heavy atom. The largest absolute Gasteiger partial charge is 0.493 e. The van der Waals surface area contributed by atoms with Gasteiger partial charge in [-0.2, -0.15) is 0 Å². The Bertz CT molecular complexity index is 1030. The molecule has 3 N–H and O–H groups in total. The molecule has 11 heteroatoms. The zero-order valence-electron chi connectivity index (χ0n) is 17.2. The highest BCUT2D eigenvalue weighted by molar-refractivity contribution is 7.99.